The zero-order valence-corrected chi connectivity index (χ0v) is 17.4. The molecule has 6 nitrogen and oxygen atoms in total. The Morgan fingerprint density at radius 3 is 2.87 bits per heavy atom. The van der Waals surface area contributed by atoms with Crippen molar-refractivity contribution < 1.29 is 9.47 Å². The van der Waals surface area contributed by atoms with E-state index in [1.807, 2.05) is 13.8 Å². The lowest BCUT2D eigenvalue weighted by atomic mass is 10.3. The molecule has 0 radical (unpaired) electrons. The zero-order chi connectivity index (χ0) is 15.9. The van der Waals surface area contributed by atoms with Gasteiger partial charge in [-0.1, -0.05) is 0 Å². The third-order valence-corrected chi connectivity index (χ3v) is 4.57. The van der Waals surface area contributed by atoms with Crippen molar-refractivity contribution >= 4 is 41.3 Å². The summed E-state index contributed by atoms with van der Waals surface area (Å²) in [5.74, 6) is 0.782. The van der Waals surface area contributed by atoms with Crippen LogP contribution in [-0.2, 0) is 16.0 Å². The quantitative estimate of drug-likeness (QED) is 0.392. The van der Waals surface area contributed by atoms with Crippen molar-refractivity contribution in [3.05, 3.63) is 15.6 Å². The molecule has 2 heterocycles. The van der Waals surface area contributed by atoms with Gasteiger partial charge in [-0.2, -0.15) is 0 Å². The van der Waals surface area contributed by atoms with Crippen LogP contribution in [0, 0.1) is 13.8 Å². The Morgan fingerprint density at radius 2 is 2.30 bits per heavy atom. The number of aromatic nitrogens is 1. The second kappa shape index (κ2) is 10.4. The van der Waals surface area contributed by atoms with Gasteiger partial charge >= 0.3 is 0 Å². The minimum atomic E-state index is 0. The number of ether oxygens (including phenoxy) is 2. The molecule has 1 aliphatic rings. The van der Waals surface area contributed by atoms with E-state index in [1.165, 1.54) is 4.88 Å². The van der Waals surface area contributed by atoms with Crippen LogP contribution in [0.1, 0.15) is 28.9 Å². The van der Waals surface area contributed by atoms with Gasteiger partial charge in [0.1, 0.15) is 0 Å². The molecule has 0 aliphatic carbocycles. The van der Waals surface area contributed by atoms with Crippen LogP contribution in [0.4, 0.5) is 0 Å². The molecule has 8 heteroatoms. The molecular weight excluding hydrogens is 427 g/mol. The number of nitrogens with zero attached hydrogens (tertiary/aromatic N) is 2. The van der Waals surface area contributed by atoms with Crippen molar-refractivity contribution in [1.29, 1.82) is 0 Å². The Balaban J connectivity index is 0.00000264. The van der Waals surface area contributed by atoms with Crippen LogP contribution in [0.2, 0.25) is 0 Å². The highest BCUT2D eigenvalue weighted by molar-refractivity contribution is 14.0. The largest absolute Gasteiger partial charge is 0.379 e. The van der Waals surface area contributed by atoms with Crippen molar-refractivity contribution in [2.24, 2.45) is 4.99 Å². The topological polar surface area (TPSA) is 67.8 Å². The summed E-state index contributed by atoms with van der Waals surface area (Å²) < 4.78 is 11.1. The molecule has 2 unspecified atom stereocenters. The monoisotopic (exact) mass is 454 g/mol. The lowest BCUT2D eigenvalue weighted by molar-refractivity contribution is 0.0347. The molecular formula is C15H27IN4O2S. The van der Waals surface area contributed by atoms with Crippen LogP contribution in [0.25, 0.3) is 0 Å². The predicted molar refractivity (Wildman–Crippen MR) is 105 cm³/mol. The average molecular weight is 454 g/mol. The first-order valence-corrected chi connectivity index (χ1v) is 8.49. The van der Waals surface area contributed by atoms with E-state index in [1.54, 1.807) is 18.4 Å². The number of thiazole rings is 1. The van der Waals surface area contributed by atoms with Crippen LogP contribution < -0.4 is 10.6 Å². The van der Waals surface area contributed by atoms with Gasteiger partial charge in [0.15, 0.2) is 5.96 Å². The van der Waals surface area contributed by atoms with Crippen LogP contribution >= 0.6 is 35.3 Å². The second-order valence-electron chi connectivity index (χ2n) is 5.53. The Hall–Kier alpha value is -0.450. The number of hydrogen-bond acceptors (Lipinski definition) is 5. The molecule has 23 heavy (non-hydrogen) atoms. The summed E-state index contributed by atoms with van der Waals surface area (Å²) >= 11 is 1.72. The maximum absolute atomic E-state index is 5.82. The van der Waals surface area contributed by atoms with Crippen molar-refractivity contribution in [1.82, 2.24) is 15.6 Å². The Kier molecular flexibility index (Phi) is 9.33. The van der Waals surface area contributed by atoms with Crippen LogP contribution in [0.15, 0.2) is 4.99 Å². The summed E-state index contributed by atoms with van der Waals surface area (Å²) in [5, 5.41) is 7.77. The van der Waals surface area contributed by atoms with Crippen molar-refractivity contribution in [3.63, 3.8) is 0 Å². The summed E-state index contributed by atoms with van der Waals surface area (Å²) in [7, 11) is 1.78. The van der Waals surface area contributed by atoms with E-state index in [0.717, 1.165) is 36.2 Å². The van der Waals surface area contributed by atoms with E-state index >= 15 is 0 Å². The molecule has 132 valence electrons. The van der Waals surface area contributed by atoms with Gasteiger partial charge in [-0.15, -0.1) is 35.3 Å². The van der Waals surface area contributed by atoms with Gasteiger partial charge < -0.3 is 20.1 Å². The maximum atomic E-state index is 5.82. The van der Waals surface area contributed by atoms with Gasteiger partial charge in [-0.05, 0) is 27.2 Å². The summed E-state index contributed by atoms with van der Waals surface area (Å²) in [6.45, 7) is 9.06. The van der Waals surface area contributed by atoms with Gasteiger partial charge in [0, 0.05) is 24.6 Å². The van der Waals surface area contributed by atoms with Crippen LogP contribution in [0.3, 0.4) is 0 Å². The van der Waals surface area contributed by atoms with E-state index < -0.39 is 0 Å². The van der Waals surface area contributed by atoms with E-state index in [4.69, 9.17) is 9.47 Å². The molecule has 1 aromatic rings. The van der Waals surface area contributed by atoms with Gasteiger partial charge in [-0.25, -0.2) is 4.98 Å². The van der Waals surface area contributed by atoms with E-state index in [0.29, 0.717) is 13.2 Å². The Bertz CT molecular complexity index is 504. The molecule has 1 aliphatic heterocycles. The van der Waals surface area contributed by atoms with E-state index in [2.05, 4.69) is 27.5 Å². The molecule has 0 amide bonds. The first-order chi connectivity index (χ1) is 10.6. The third kappa shape index (κ3) is 6.90. The smallest absolute Gasteiger partial charge is 0.191 e. The molecule has 1 aromatic heterocycles. The predicted octanol–water partition coefficient (Wildman–Crippen LogP) is 2.24. The average Bonchev–Trinajstić information content (AvgIpc) is 3.11. The molecule has 0 bridgehead atoms. The molecule has 1 saturated heterocycles. The molecule has 2 rings (SSSR count). The fourth-order valence-electron chi connectivity index (χ4n) is 2.30. The van der Waals surface area contributed by atoms with Crippen molar-refractivity contribution in [3.8, 4) is 0 Å². The number of rotatable bonds is 6. The number of nitrogens with one attached hydrogen (secondary N) is 2. The fourth-order valence-corrected chi connectivity index (χ4v) is 3.17. The molecule has 0 spiro atoms. The maximum Gasteiger partial charge on any atom is 0.191 e. The van der Waals surface area contributed by atoms with Gasteiger partial charge in [-0.3, -0.25) is 4.99 Å². The highest BCUT2D eigenvalue weighted by Crippen LogP contribution is 2.16. The zero-order valence-electron chi connectivity index (χ0n) is 14.2. The summed E-state index contributed by atoms with van der Waals surface area (Å²) in [6.07, 6.45) is 1.23. The number of aliphatic imine (C=N–C) groups is 1. The fraction of sp³-hybridized carbons (Fsp3) is 0.733. The normalized spacial score (nSPS) is 19.3. The SMILES string of the molecule is CN=C(NCc1sc(C)nc1C)NC(C)COC1CCOC1.I. The number of guanidine groups is 1. The minimum Gasteiger partial charge on any atom is -0.379 e. The lowest BCUT2D eigenvalue weighted by Gasteiger charge is -2.19. The standard InChI is InChI=1S/C15H26N4O2S.HI/c1-10(8-21-13-5-6-20-9-13)18-15(16-4)17-7-14-11(2)19-12(3)22-14;/h10,13H,5-9H2,1-4H3,(H2,16,17,18);1H. The summed E-state index contributed by atoms with van der Waals surface area (Å²) in [4.78, 5) is 9.94. The van der Waals surface area contributed by atoms with Crippen molar-refractivity contribution in [2.45, 2.75) is 45.9 Å². The highest BCUT2D eigenvalue weighted by Gasteiger charge is 2.17. The number of halogens is 1. The van der Waals surface area contributed by atoms with E-state index in [9.17, 15) is 0 Å². The first kappa shape index (κ1) is 20.6. The second-order valence-corrected chi connectivity index (χ2v) is 6.82. The number of aryl methyl sites for hydroxylation is 2. The van der Waals surface area contributed by atoms with Crippen LogP contribution in [0.5, 0.6) is 0 Å². The highest BCUT2D eigenvalue weighted by atomic mass is 127. The van der Waals surface area contributed by atoms with Crippen molar-refractivity contribution in [2.75, 3.05) is 26.9 Å². The van der Waals surface area contributed by atoms with Crippen LogP contribution in [-0.4, -0.2) is 50.0 Å². The first-order valence-electron chi connectivity index (χ1n) is 7.68. The number of hydrogen-bond donors (Lipinski definition) is 2. The Labute approximate surface area is 159 Å². The Morgan fingerprint density at radius 1 is 1.52 bits per heavy atom. The molecule has 2 atom stereocenters. The molecule has 2 N–H and O–H groups in total. The minimum absolute atomic E-state index is 0. The van der Waals surface area contributed by atoms with Gasteiger partial charge in [0.2, 0.25) is 0 Å². The van der Waals surface area contributed by atoms with E-state index in [-0.39, 0.29) is 36.1 Å². The summed E-state index contributed by atoms with van der Waals surface area (Å²) in [5.41, 5.74) is 1.09. The molecule has 0 aromatic carbocycles. The summed E-state index contributed by atoms with van der Waals surface area (Å²) in [6, 6.07) is 0.191. The van der Waals surface area contributed by atoms with Gasteiger partial charge in [0.05, 0.1) is 36.6 Å². The third-order valence-electron chi connectivity index (χ3n) is 3.49. The molecule has 0 saturated carbocycles. The van der Waals surface area contributed by atoms with Gasteiger partial charge in [0.25, 0.3) is 0 Å². The lowest BCUT2D eigenvalue weighted by Crippen LogP contribution is -2.44. The molecule has 1 fully saturated rings.